The summed E-state index contributed by atoms with van der Waals surface area (Å²) in [5.41, 5.74) is 3.74. The summed E-state index contributed by atoms with van der Waals surface area (Å²) in [6, 6.07) is 8.02. The third-order valence-electron chi connectivity index (χ3n) is 3.83. The van der Waals surface area contributed by atoms with Gasteiger partial charge < -0.3 is 30.4 Å². The molecule has 6 nitrogen and oxygen atoms in total. The molecule has 4 aromatic rings. The van der Waals surface area contributed by atoms with Gasteiger partial charge in [0.2, 0.25) is 0 Å². The smallest absolute Gasteiger partial charge is 0.159 e. The second kappa shape index (κ2) is 5.73. The topological polar surface area (TPSA) is 112 Å². The highest BCUT2D eigenvalue weighted by Crippen LogP contribution is 2.31. The van der Waals surface area contributed by atoms with E-state index in [-0.39, 0.29) is 23.0 Å². The highest BCUT2D eigenvalue weighted by atomic mass is 16.3. The molecule has 0 saturated carbocycles. The first-order chi connectivity index (χ1) is 11.3. The molecule has 6 N–H and O–H groups in total. The number of H-pyrrole nitrogens is 2. The third-order valence-corrected chi connectivity index (χ3v) is 3.83. The Kier molecular flexibility index (Phi) is 3.73. The fraction of sp³-hybridized carbons (Fsp3) is 0.111. The lowest BCUT2D eigenvalue weighted by atomic mass is 10.2. The molecule has 0 aliphatic rings. The molecule has 2 aromatic carbocycles. The van der Waals surface area contributed by atoms with Gasteiger partial charge in [-0.1, -0.05) is 0 Å². The molecule has 2 heterocycles. The summed E-state index contributed by atoms with van der Waals surface area (Å²) in [5, 5.41) is 38.5. The molecule has 0 saturated heterocycles. The van der Waals surface area contributed by atoms with E-state index < -0.39 is 0 Å². The molecule has 0 amide bonds. The zero-order valence-electron chi connectivity index (χ0n) is 13.3. The molecule has 6 heteroatoms. The van der Waals surface area contributed by atoms with Crippen molar-refractivity contribution in [3.63, 3.8) is 0 Å². The quantitative estimate of drug-likeness (QED) is 0.276. The van der Waals surface area contributed by atoms with E-state index in [2.05, 4.69) is 9.97 Å². The highest BCUT2D eigenvalue weighted by Gasteiger charge is 2.05. The Balaban J connectivity index is 0.000000141. The monoisotopic (exact) mass is 326 g/mol. The minimum absolute atomic E-state index is 0.0785. The molecule has 0 radical (unpaired) electrons. The van der Waals surface area contributed by atoms with E-state index in [9.17, 15) is 5.11 Å². The molecular weight excluding hydrogens is 308 g/mol. The standard InChI is InChI=1S/2C9H9NO2/c1-5-4-10-7-3-9(12)8(11)2-6(5)7;1-5-2-6-3-8(11)9(12)4-7(6)10-5/h2*2-4,10-12H,1H3. The maximum absolute atomic E-state index is 9.20. The number of phenols is 4. The molecule has 0 spiro atoms. The Morgan fingerprint density at radius 1 is 0.708 bits per heavy atom. The summed E-state index contributed by atoms with van der Waals surface area (Å²) in [5.74, 6) is -0.347. The van der Waals surface area contributed by atoms with E-state index in [1.807, 2.05) is 26.1 Å². The van der Waals surface area contributed by atoms with Gasteiger partial charge in [-0.2, -0.15) is 0 Å². The Hall–Kier alpha value is -3.28. The number of hydrogen-bond donors (Lipinski definition) is 6. The van der Waals surface area contributed by atoms with Crippen LogP contribution in [0.3, 0.4) is 0 Å². The lowest BCUT2D eigenvalue weighted by molar-refractivity contribution is 0.405. The number of aromatic amines is 2. The lowest BCUT2D eigenvalue weighted by Crippen LogP contribution is -1.71. The average molecular weight is 326 g/mol. The van der Waals surface area contributed by atoms with E-state index >= 15 is 0 Å². The largest absolute Gasteiger partial charge is 0.504 e. The van der Waals surface area contributed by atoms with Gasteiger partial charge in [-0.25, -0.2) is 0 Å². The zero-order valence-corrected chi connectivity index (χ0v) is 13.3. The van der Waals surface area contributed by atoms with Gasteiger partial charge in [-0.3, -0.25) is 0 Å². The Labute approximate surface area is 137 Å². The number of aromatic nitrogens is 2. The van der Waals surface area contributed by atoms with Crippen molar-refractivity contribution in [2.24, 2.45) is 0 Å². The van der Waals surface area contributed by atoms with Crippen LogP contribution in [0.1, 0.15) is 11.3 Å². The van der Waals surface area contributed by atoms with Gasteiger partial charge in [0.25, 0.3) is 0 Å². The van der Waals surface area contributed by atoms with Crippen LogP contribution in [0.5, 0.6) is 23.0 Å². The summed E-state index contributed by atoms with van der Waals surface area (Å²) < 4.78 is 0. The maximum Gasteiger partial charge on any atom is 0.159 e. The van der Waals surface area contributed by atoms with Crippen LogP contribution in [-0.4, -0.2) is 30.4 Å². The maximum atomic E-state index is 9.20. The van der Waals surface area contributed by atoms with Gasteiger partial charge in [0, 0.05) is 45.8 Å². The number of fused-ring (bicyclic) bond motifs is 2. The van der Waals surface area contributed by atoms with E-state index in [0.29, 0.717) is 0 Å². The van der Waals surface area contributed by atoms with Gasteiger partial charge in [0.1, 0.15) is 0 Å². The normalized spacial score (nSPS) is 10.8. The molecule has 0 bridgehead atoms. The first-order valence-corrected chi connectivity index (χ1v) is 7.36. The first-order valence-electron chi connectivity index (χ1n) is 7.36. The summed E-state index contributed by atoms with van der Waals surface area (Å²) in [6.07, 6.45) is 1.84. The molecule has 0 unspecified atom stereocenters. The molecule has 0 atom stereocenters. The van der Waals surface area contributed by atoms with E-state index in [1.54, 1.807) is 6.07 Å². The Bertz CT molecular complexity index is 979. The van der Waals surface area contributed by atoms with Crippen LogP contribution in [0, 0.1) is 13.8 Å². The van der Waals surface area contributed by atoms with Crippen molar-refractivity contribution in [3.8, 4) is 23.0 Å². The average Bonchev–Trinajstić information content (AvgIpc) is 3.04. The van der Waals surface area contributed by atoms with E-state index in [0.717, 1.165) is 33.1 Å². The Morgan fingerprint density at radius 3 is 2.00 bits per heavy atom. The summed E-state index contributed by atoms with van der Waals surface area (Å²) in [7, 11) is 0. The minimum Gasteiger partial charge on any atom is -0.504 e. The molecule has 2 aromatic heterocycles. The molecule has 4 rings (SSSR count). The molecular formula is C18H18N2O4. The number of nitrogens with one attached hydrogen (secondary N) is 2. The number of rotatable bonds is 0. The van der Waals surface area contributed by atoms with Gasteiger partial charge in [-0.15, -0.1) is 0 Å². The van der Waals surface area contributed by atoms with Crippen LogP contribution >= 0.6 is 0 Å². The molecule has 124 valence electrons. The zero-order chi connectivity index (χ0) is 17.4. The van der Waals surface area contributed by atoms with E-state index in [4.69, 9.17) is 15.3 Å². The van der Waals surface area contributed by atoms with Crippen molar-refractivity contribution in [1.82, 2.24) is 9.97 Å². The van der Waals surface area contributed by atoms with Crippen LogP contribution < -0.4 is 0 Å². The predicted octanol–water partition coefficient (Wildman–Crippen LogP) is 3.78. The van der Waals surface area contributed by atoms with Crippen LogP contribution in [0.15, 0.2) is 36.5 Å². The SMILES string of the molecule is Cc1c[nH]c2cc(O)c(O)cc12.Cc1cc2cc(O)c(O)cc2[nH]1. The van der Waals surface area contributed by atoms with Gasteiger partial charge in [-0.05, 0) is 37.6 Å². The summed E-state index contributed by atoms with van der Waals surface area (Å²) >= 11 is 0. The molecule has 24 heavy (non-hydrogen) atoms. The van der Waals surface area contributed by atoms with Crippen LogP contribution in [0.2, 0.25) is 0 Å². The van der Waals surface area contributed by atoms with E-state index in [1.165, 1.54) is 18.2 Å². The van der Waals surface area contributed by atoms with Crippen molar-refractivity contribution >= 4 is 21.8 Å². The van der Waals surface area contributed by atoms with Crippen molar-refractivity contribution in [3.05, 3.63) is 47.8 Å². The fourth-order valence-corrected chi connectivity index (χ4v) is 2.59. The second-order valence-corrected chi connectivity index (χ2v) is 5.74. The van der Waals surface area contributed by atoms with Crippen LogP contribution in [0.25, 0.3) is 21.8 Å². The lowest BCUT2D eigenvalue weighted by Gasteiger charge is -1.97. The summed E-state index contributed by atoms with van der Waals surface area (Å²) in [4.78, 5) is 6.04. The van der Waals surface area contributed by atoms with Crippen molar-refractivity contribution in [2.45, 2.75) is 13.8 Å². The van der Waals surface area contributed by atoms with Gasteiger partial charge in [0.05, 0.1) is 0 Å². The number of aromatic hydroxyl groups is 4. The second-order valence-electron chi connectivity index (χ2n) is 5.74. The van der Waals surface area contributed by atoms with Crippen molar-refractivity contribution in [1.29, 1.82) is 0 Å². The van der Waals surface area contributed by atoms with Crippen LogP contribution in [-0.2, 0) is 0 Å². The molecule has 0 fully saturated rings. The van der Waals surface area contributed by atoms with Crippen molar-refractivity contribution < 1.29 is 20.4 Å². The number of benzene rings is 2. The van der Waals surface area contributed by atoms with Crippen molar-refractivity contribution in [2.75, 3.05) is 0 Å². The first kappa shape index (κ1) is 15.6. The highest BCUT2D eigenvalue weighted by molar-refractivity contribution is 5.86. The van der Waals surface area contributed by atoms with Gasteiger partial charge in [0.15, 0.2) is 23.0 Å². The number of phenolic OH excluding ortho intramolecular Hbond substituents is 4. The third kappa shape index (κ3) is 2.81. The fourth-order valence-electron chi connectivity index (χ4n) is 2.59. The predicted molar refractivity (Wildman–Crippen MR) is 92.7 cm³/mol. The number of aryl methyl sites for hydroxylation is 2. The number of hydrogen-bond acceptors (Lipinski definition) is 4. The molecule has 0 aliphatic carbocycles. The van der Waals surface area contributed by atoms with Gasteiger partial charge >= 0.3 is 0 Å². The minimum atomic E-state index is -0.0932. The summed E-state index contributed by atoms with van der Waals surface area (Å²) in [6.45, 7) is 3.86. The molecule has 0 aliphatic heterocycles. The Morgan fingerprint density at radius 2 is 1.29 bits per heavy atom. The van der Waals surface area contributed by atoms with Crippen LogP contribution in [0.4, 0.5) is 0 Å².